The van der Waals surface area contributed by atoms with E-state index in [0.717, 1.165) is 0 Å². The largest absolute Gasteiger partial charge is 0.480 e. The second-order valence-electron chi connectivity index (χ2n) is 11.2. The first-order chi connectivity index (χ1) is 17.8. The van der Waals surface area contributed by atoms with Gasteiger partial charge in [-0.3, -0.25) is 14.1 Å². The minimum absolute atomic E-state index is 0.00317. The van der Waals surface area contributed by atoms with Gasteiger partial charge in [-0.15, -0.1) is 0 Å². The summed E-state index contributed by atoms with van der Waals surface area (Å²) in [6.45, 7) is 12.6. The second kappa shape index (κ2) is 12.6. The van der Waals surface area contributed by atoms with Crippen molar-refractivity contribution >= 4 is 19.8 Å². The van der Waals surface area contributed by atoms with Crippen LogP contribution in [0.15, 0.2) is 24.7 Å². The third-order valence-electron chi connectivity index (χ3n) is 5.89. The summed E-state index contributed by atoms with van der Waals surface area (Å²) in [5.74, 6) is -1.20. The molecule has 2 aliphatic rings. The third-order valence-corrected chi connectivity index (χ3v) is 7.18. The molecule has 224 valence electrons. The fraction of sp³-hybridized carbons (Fsp3) is 0.750. The van der Waals surface area contributed by atoms with Gasteiger partial charge in [0.1, 0.15) is 23.8 Å². The third kappa shape index (κ3) is 8.46. The molecule has 3 N–H and O–H groups in total. The minimum atomic E-state index is -4.62. The normalized spacial score (nSPS) is 27.8. The number of carbonyl (C=O) groups excluding carboxylic acids is 2. The Kier molecular flexibility index (Phi) is 10.7. The van der Waals surface area contributed by atoms with Crippen molar-refractivity contribution in [1.82, 2.24) is 10.2 Å². The molecule has 2 heterocycles. The van der Waals surface area contributed by atoms with Crippen molar-refractivity contribution < 1.29 is 56.5 Å². The first-order valence-electron chi connectivity index (χ1n) is 12.3. The molecule has 0 spiro atoms. The van der Waals surface area contributed by atoms with Crippen LogP contribution in [0.4, 0.5) is 4.39 Å². The van der Waals surface area contributed by atoms with Crippen molar-refractivity contribution in [3.63, 3.8) is 0 Å². The molecule has 5 atom stereocenters. The van der Waals surface area contributed by atoms with Crippen molar-refractivity contribution in [2.24, 2.45) is 10.8 Å². The molecule has 0 amide bonds. The highest BCUT2D eigenvalue weighted by atomic mass is 31.2. The molecule has 0 aromatic carbocycles. The van der Waals surface area contributed by atoms with Gasteiger partial charge in [0.2, 0.25) is 13.6 Å². The SMILES string of the molecule is C=C1NC(O)C=CN1[C@@H]1O[C@](CC)(COP(=O)(OCOC(=O)C(C)(C)C)OCOC(=O)C(C)(C)C)[C@@H](O)[C@H]1F. The van der Waals surface area contributed by atoms with Crippen molar-refractivity contribution in [3.05, 3.63) is 24.7 Å². The number of aliphatic hydroxyl groups is 2. The Bertz CT molecular complexity index is 944. The van der Waals surface area contributed by atoms with Gasteiger partial charge in [0.05, 0.1) is 17.4 Å². The van der Waals surface area contributed by atoms with Crippen LogP contribution in [-0.4, -0.2) is 77.6 Å². The molecule has 1 saturated heterocycles. The van der Waals surface area contributed by atoms with Crippen LogP contribution in [0.3, 0.4) is 0 Å². The van der Waals surface area contributed by atoms with Crippen LogP contribution in [0.5, 0.6) is 0 Å². The monoisotopic (exact) mass is 582 g/mol. The van der Waals surface area contributed by atoms with Crippen LogP contribution in [0, 0.1) is 10.8 Å². The number of halogens is 1. The molecule has 1 fully saturated rings. The number of aliphatic hydroxyl groups excluding tert-OH is 2. The Morgan fingerprint density at radius 1 is 1.10 bits per heavy atom. The quantitative estimate of drug-likeness (QED) is 0.185. The predicted octanol–water partition coefficient (Wildman–Crippen LogP) is 2.65. The molecule has 39 heavy (non-hydrogen) atoms. The van der Waals surface area contributed by atoms with Crippen molar-refractivity contribution in [2.75, 3.05) is 20.2 Å². The zero-order chi connectivity index (χ0) is 29.8. The van der Waals surface area contributed by atoms with E-state index in [4.69, 9.17) is 27.8 Å². The Labute approximate surface area is 227 Å². The summed E-state index contributed by atoms with van der Waals surface area (Å²) in [7, 11) is -4.62. The number of ether oxygens (including phenoxy) is 3. The van der Waals surface area contributed by atoms with Crippen LogP contribution >= 0.6 is 7.82 Å². The number of alkyl halides is 1. The van der Waals surface area contributed by atoms with Crippen molar-refractivity contribution in [1.29, 1.82) is 0 Å². The van der Waals surface area contributed by atoms with Crippen LogP contribution in [0.1, 0.15) is 54.9 Å². The summed E-state index contributed by atoms with van der Waals surface area (Å²) in [5.41, 5.74) is -3.48. The van der Waals surface area contributed by atoms with Crippen LogP contribution in [-0.2, 0) is 41.9 Å². The van der Waals surface area contributed by atoms with E-state index in [2.05, 4.69) is 11.9 Å². The summed E-state index contributed by atoms with van der Waals surface area (Å²) in [5, 5.41) is 23.1. The Hall–Kier alpha value is -2.06. The Morgan fingerprint density at radius 3 is 2.05 bits per heavy atom. The number of rotatable bonds is 11. The van der Waals surface area contributed by atoms with Crippen molar-refractivity contribution in [3.8, 4) is 0 Å². The lowest BCUT2D eigenvalue weighted by molar-refractivity contribution is -0.165. The lowest BCUT2D eigenvalue weighted by atomic mass is 9.94. The number of carbonyl (C=O) groups is 2. The molecule has 13 nitrogen and oxygen atoms in total. The first kappa shape index (κ1) is 33.1. The highest BCUT2D eigenvalue weighted by molar-refractivity contribution is 7.48. The number of hydrogen-bond acceptors (Lipinski definition) is 13. The lowest BCUT2D eigenvalue weighted by Crippen LogP contribution is -2.46. The first-order valence-corrected chi connectivity index (χ1v) is 13.8. The average Bonchev–Trinajstić information content (AvgIpc) is 3.07. The predicted molar refractivity (Wildman–Crippen MR) is 135 cm³/mol. The van der Waals surface area contributed by atoms with Crippen LogP contribution in [0.25, 0.3) is 0 Å². The standard InChI is InChI=1S/C24H40FN2O11P/c1-9-24(18(29)17(25)19(38-24)27-11-10-16(28)26-15(27)2)12-35-39(32,36-13-33-20(30)22(3,4)5)37-14-34-21(31)23(6,7)8/h10-11,16-19,26,28-29H,2,9,12-14H2,1,3-8H3/t16?,17-,18+,19-,24-/m1/s1. The molecule has 0 saturated carbocycles. The van der Waals surface area contributed by atoms with Gasteiger partial charge in [-0.2, -0.15) is 0 Å². The van der Waals surface area contributed by atoms with Gasteiger partial charge in [0.25, 0.3) is 0 Å². The maximum Gasteiger partial charge on any atom is 0.480 e. The number of phosphoric ester groups is 1. The number of nitrogens with one attached hydrogen (secondary N) is 1. The second-order valence-corrected chi connectivity index (χ2v) is 12.8. The molecule has 0 bridgehead atoms. The van der Waals surface area contributed by atoms with Gasteiger partial charge in [0.15, 0.2) is 12.4 Å². The maximum absolute atomic E-state index is 15.3. The average molecular weight is 583 g/mol. The van der Waals surface area contributed by atoms with E-state index in [1.54, 1.807) is 48.5 Å². The molecule has 1 unspecified atom stereocenters. The van der Waals surface area contributed by atoms with Crippen LogP contribution in [0.2, 0.25) is 0 Å². The van der Waals surface area contributed by atoms with E-state index in [-0.39, 0.29) is 12.2 Å². The molecule has 2 aliphatic heterocycles. The fourth-order valence-corrected chi connectivity index (χ4v) is 4.33. The smallest absolute Gasteiger partial charge is 0.437 e. The topological polar surface area (TPSA) is 162 Å². The van der Waals surface area contributed by atoms with Crippen molar-refractivity contribution in [2.45, 2.75) is 85.2 Å². The van der Waals surface area contributed by atoms with E-state index >= 15 is 4.39 Å². The Balaban J connectivity index is 2.17. The summed E-state index contributed by atoms with van der Waals surface area (Å²) >= 11 is 0. The van der Waals surface area contributed by atoms with E-state index in [9.17, 15) is 24.4 Å². The Morgan fingerprint density at radius 2 is 1.62 bits per heavy atom. The van der Waals surface area contributed by atoms with Crippen LogP contribution < -0.4 is 5.32 Å². The zero-order valence-electron chi connectivity index (χ0n) is 23.3. The van der Waals surface area contributed by atoms with E-state index in [1.165, 1.54) is 17.2 Å². The van der Waals surface area contributed by atoms with E-state index < -0.39 is 81.1 Å². The molecule has 0 aromatic heterocycles. The summed E-state index contributed by atoms with van der Waals surface area (Å²) in [6, 6.07) is 0. The van der Waals surface area contributed by atoms with Gasteiger partial charge in [-0.05, 0) is 54.0 Å². The minimum Gasteiger partial charge on any atom is -0.437 e. The van der Waals surface area contributed by atoms with Gasteiger partial charge in [-0.25, -0.2) is 18.0 Å². The lowest BCUT2D eigenvalue weighted by Gasteiger charge is -2.36. The number of phosphoric acid groups is 1. The van der Waals surface area contributed by atoms with E-state index in [1.807, 2.05) is 0 Å². The molecule has 0 aromatic rings. The fourth-order valence-electron chi connectivity index (χ4n) is 3.36. The molecule has 0 radical (unpaired) electrons. The zero-order valence-corrected chi connectivity index (χ0v) is 24.2. The highest BCUT2D eigenvalue weighted by Gasteiger charge is 2.57. The molecule has 0 aliphatic carbocycles. The van der Waals surface area contributed by atoms with Gasteiger partial charge in [-0.1, -0.05) is 13.5 Å². The highest BCUT2D eigenvalue weighted by Crippen LogP contribution is 2.52. The number of esters is 2. The molecular formula is C24H40FN2O11P. The number of hydrogen-bond donors (Lipinski definition) is 3. The summed E-state index contributed by atoms with van der Waals surface area (Å²) in [6.07, 6.45) is -3.42. The molecule has 2 rings (SSSR count). The maximum atomic E-state index is 15.3. The van der Waals surface area contributed by atoms with Gasteiger partial charge >= 0.3 is 19.8 Å². The summed E-state index contributed by atoms with van der Waals surface area (Å²) < 4.78 is 60.1. The number of nitrogens with zero attached hydrogens (tertiary/aromatic N) is 1. The van der Waals surface area contributed by atoms with Gasteiger partial charge < -0.3 is 34.6 Å². The summed E-state index contributed by atoms with van der Waals surface area (Å²) in [4.78, 5) is 25.4. The molecule has 15 heteroatoms. The molecular weight excluding hydrogens is 542 g/mol. The van der Waals surface area contributed by atoms with E-state index in [0.29, 0.717) is 0 Å². The van der Waals surface area contributed by atoms with Gasteiger partial charge in [0, 0.05) is 6.20 Å².